The molecule has 2 rings (SSSR count). The lowest BCUT2D eigenvalue weighted by atomic mass is 10.2. The summed E-state index contributed by atoms with van der Waals surface area (Å²) in [6, 6.07) is 7.37. The molecular weight excluding hydrogens is 274 g/mol. The zero-order valence-electron chi connectivity index (χ0n) is 11.5. The number of aliphatic hydroxyl groups is 1. The summed E-state index contributed by atoms with van der Waals surface area (Å²) in [5.41, 5.74) is 6.27. The lowest BCUT2D eigenvalue weighted by Crippen LogP contribution is -2.38. The molecule has 0 aliphatic heterocycles. The van der Waals surface area contributed by atoms with Gasteiger partial charge in [-0.2, -0.15) is 4.98 Å². The Balaban J connectivity index is 1.78. The van der Waals surface area contributed by atoms with Gasteiger partial charge in [0, 0.05) is 0 Å². The largest absolute Gasteiger partial charge is 0.490 e. The van der Waals surface area contributed by atoms with Crippen LogP contribution in [-0.2, 0) is 11.3 Å². The number of hydrogen-bond acceptors (Lipinski definition) is 6. The third kappa shape index (κ3) is 4.18. The SMILES string of the molecule is Cc1ccccc1OC[C@@H](O)C(=O)NCc1nc(N)n[nH]1. The highest BCUT2D eigenvalue weighted by atomic mass is 16.5. The van der Waals surface area contributed by atoms with Gasteiger partial charge in [-0.3, -0.25) is 9.89 Å². The molecule has 0 bridgehead atoms. The van der Waals surface area contributed by atoms with Crippen LogP contribution in [0.25, 0.3) is 0 Å². The Kier molecular flexibility index (Phi) is 4.72. The van der Waals surface area contributed by atoms with Gasteiger partial charge in [0.1, 0.15) is 18.2 Å². The molecule has 1 heterocycles. The Hall–Kier alpha value is -2.61. The number of aliphatic hydroxyl groups excluding tert-OH is 1. The summed E-state index contributed by atoms with van der Waals surface area (Å²) in [5, 5.41) is 18.4. The van der Waals surface area contributed by atoms with Crippen LogP contribution < -0.4 is 15.8 Å². The number of amides is 1. The number of H-pyrrole nitrogens is 1. The van der Waals surface area contributed by atoms with Crippen LogP contribution in [0.5, 0.6) is 5.75 Å². The Morgan fingerprint density at radius 3 is 2.95 bits per heavy atom. The van der Waals surface area contributed by atoms with Crippen molar-refractivity contribution in [3.05, 3.63) is 35.7 Å². The number of aromatic amines is 1. The highest BCUT2D eigenvalue weighted by Crippen LogP contribution is 2.16. The molecule has 8 nitrogen and oxygen atoms in total. The fourth-order valence-electron chi connectivity index (χ4n) is 1.64. The van der Waals surface area contributed by atoms with Crippen molar-refractivity contribution >= 4 is 11.9 Å². The number of nitrogens with one attached hydrogen (secondary N) is 2. The van der Waals surface area contributed by atoms with Gasteiger partial charge in [0.05, 0.1) is 6.54 Å². The van der Waals surface area contributed by atoms with E-state index in [9.17, 15) is 9.90 Å². The van der Waals surface area contributed by atoms with E-state index in [0.29, 0.717) is 11.6 Å². The van der Waals surface area contributed by atoms with Crippen LogP contribution in [0.1, 0.15) is 11.4 Å². The molecule has 0 unspecified atom stereocenters. The van der Waals surface area contributed by atoms with Gasteiger partial charge in [0.25, 0.3) is 5.91 Å². The van der Waals surface area contributed by atoms with Crippen LogP contribution in [0, 0.1) is 6.92 Å². The molecule has 112 valence electrons. The quantitative estimate of drug-likeness (QED) is 0.581. The van der Waals surface area contributed by atoms with E-state index in [0.717, 1.165) is 5.56 Å². The van der Waals surface area contributed by atoms with E-state index in [1.54, 1.807) is 6.07 Å². The number of hydrogen-bond donors (Lipinski definition) is 4. The summed E-state index contributed by atoms with van der Waals surface area (Å²) in [7, 11) is 0. The summed E-state index contributed by atoms with van der Waals surface area (Å²) < 4.78 is 5.41. The molecule has 0 saturated heterocycles. The molecule has 0 saturated carbocycles. The van der Waals surface area contributed by atoms with Crippen LogP contribution >= 0.6 is 0 Å². The lowest BCUT2D eigenvalue weighted by molar-refractivity contribution is -0.130. The number of carbonyl (C=O) groups excluding carboxylic acids is 1. The zero-order chi connectivity index (χ0) is 15.2. The smallest absolute Gasteiger partial charge is 0.252 e. The number of nitrogens with zero attached hydrogens (tertiary/aromatic N) is 2. The Morgan fingerprint density at radius 1 is 1.52 bits per heavy atom. The highest BCUT2D eigenvalue weighted by Gasteiger charge is 2.16. The number of nitrogens with two attached hydrogens (primary N) is 1. The van der Waals surface area contributed by atoms with E-state index in [4.69, 9.17) is 10.5 Å². The van der Waals surface area contributed by atoms with Gasteiger partial charge in [-0.15, -0.1) is 5.10 Å². The molecule has 0 spiro atoms. The first-order chi connectivity index (χ1) is 10.1. The maximum Gasteiger partial charge on any atom is 0.252 e. The van der Waals surface area contributed by atoms with E-state index in [1.807, 2.05) is 25.1 Å². The third-order valence-corrected chi connectivity index (χ3v) is 2.77. The minimum Gasteiger partial charge on any atom is -0.490 e. The molecule has 5 N–H and O–H groups in total. The summed E-state index contributed by atoms with van der Waals surface area (Å²) in [6.45, 7) is 1.86. The predicted molar refractivity (Wildman–Crippen MR) is 75.3 cm³/mol. The zero-order valence-corrected chi connectivity index (χ0v) is 11.5. The number of ether oxygens (including phenoxy) is 1. The van der Waals surface area contributed by atoms with Crippen molar-refractivity contribution in [2.45, 2.75) is 19.6 Å². The average molecular weight is 291 g/mol. The number of rotatable bonds is 6. The van der Waals surface area contributed by atoms with E-state index >= 15 is 0 Å². The van der Waals surface area contributed by atoms with Crippen molar-refractivity contribution in [3.63, 3.8) is 0 Å². The van der Waals surface area contributed by atoms with Crippen LogP contribution in [0.4, 0.5) is 5.95 Å². The predicted octanol–water partition coefficient (Wildman–Crippen LogP) is -0.249. The molecule has 8 heteroatoms. The summed E-state index contributed by atoms with van der Waals surface area (Å²) in [5.74, 6) is 0.585. The molecule has 21 heavy (non-hydrogen) atoms. The first-order valence-corrected chi connectivity index (χ1v) is 6.37. The van der Waals surface area contributed by atoms with E-state index in [1.165, 1.54) is 0 Å². The number of carbonyl (C=O) groups is 1. The van der Waals surface area contributed by atoms with Crippen LogP contribution in [-0.4, -0.2) is 38.9 Å². The lowest BCUT2D eigenvalue weighted by Gasteiger charge is -2.13. The Labute approximate surface area is 121 Å². The monoisotopic (exact) mass is 291 g/mol. The van der Waals surface area contributed by atoms with Crippen LogP contribution in [0.3, 0.4) is 0 Å². The molecule has 0 radical (unpaired) electrons. The second-order valence-corrected chi connectivity index (χ2v) is 4.45. The van der Waals surface area contributed by atoms with Crippen LogP contribution in [0.15, 0.2) is 24.3 Å². The van der Waals surface area contributed by atoms with Crippen molar-refractivity contribution < 1.29 is 14.6 Å². The Bertz CT molecular complexity index is 613. The van der Waals surface area contributed by atoms with Gasteiger partial charge in [-0.05, 0) is 18.6 Å². The molecule has 1 atom stereocenters. The molecule has 1 aromatic carbocycles. The highest BCUT2D eigenvalue weighted by molar-refractivity contribution is 5.80. The van der Waals surface area contributed by atoms with E-state index in [-0.39, 0.29) is 19.1 Å². The van der Waals surface area contributed by atoms with Crippen molar-refractivity contribution in [1.29, 1.82) is 0 Å². The van der Waals surface area contributed by atoms with Gasteiger partial charge in [0.2, 0.25) is 5.95 Å². The molecule has 2 aromatic rings. The third-order valence-electron chi connectivity index (χ3n) is 2.77. The van der Waals surface area contributed by atoms with Gasteiger partial charge < -0.3 is 20.9 Å². The van der Waals surface area contributed by atoms with Gasteiger partial charge in [-0.25, -0.2) is 0 Å². The number of aryl methyl sites for hydroxylation is 1. The average Bonchev–Trinajstić information content (AvgIpc) is 2.89. The van der Waals surface area contributed by atoms with Gasteiger partial charge >= 0.3 is 0 Å². The Morgan fingerprint density at radius 2 is 2.29 bits per heavy atom. The second kappa shape index (κ2) is 6.71. The van der Waals surface area contributed by atoms with Crippen molar-refractivity contribution in [2.24, 2.45) is 0 Å². The summed E-state index contributed by atoms with van der Waals surface area (Å²) in [6.07, 6.45) is -1.27. The van der Waals surface area contributed by atoms with Crippen molar-refractivity contribution in [3.8, 4) is 5.75 Å². The minimum atomic E-state index is -1.27. The first kappa shape index (κ1) is 14.8. The first-order valence-electron chi connectivity index (χ1n) is 6.37. The molecule has 1 aromatic heterocycles. The van der Waals surface area contributed by atoms with Crippen LogP contribution in [0.2, 0.25) is 0 Å². The van der Waals surface area contributed by atoms with Crippen molar-refractivity contribution in [1.82, 2.24) is 20.5 Å². The number of nitrogen functional groups attached to an aromatic ring is 1. The summed E-state index contributed by atoms with van der Waals surface area (Å²) in [4.78, 5) is 15.5. The fourth-order valence-corrected chi connectivity index (χ4v) is 1.64. The number of para-hydroxylation sites is 1. The minimum absolute atomic E-state index is 0.0997. The molecular formula is C13H17N5O3. The topological polar surface area (TPSA) is 126 Å². The van der Waals surface area contributed by atoms with Gasteiger partial charge in [-0.1, -0.05) is 18.2 Å². The standard InChI is InChI=1S/C13H17N5O3/c1-8-4-2-3-5-10(8)21-7-9(19)12(20)15-6-11-16-13(14)18-17-11/h2-5,9,19H,6-7H2,1H3,(H,15,20)(H3,14,16,17,18)/t9-/m1/s1. The fraction of sp³-hybridized carbons (Fsp3) is 0.308. The molecule has 1 amide bonds. The van der Waals surface area contributed by atoms with Gasteiger partial charge in [0.15, 0.2) is 6.10 Å². The normalized spacial score (nSPS) is 11.9. The second-order valence-electron chi connectivity index (χ2n) is 4.45. The number of benzene rings is 1. The van der Waals surface area contributed by atoms with E-state index < -0.39 is 12.0 Å². The molecule has 0 aliphatic carbocycles. The number of anilines is 1. The maximum atomic E-state index is 11.7. The summed E-state index contributed by atoms with van der Waals surface area (Å²) >= 11 is 0. The number of aromatic nitrogens is 3. The molecule has 0 fully saturated rings. The maximum absolute atomic E-state index is 11.7. The van der Waals surface area contributed by atoms with Crippen molar-refractivity contribution in [2.75, 3.05) is 12.3 Å². The van der Waals surface area contributed by atoms with E-state index in [2.05, 4.69) is 20.5 Å². The molecule has 0 aliphatic rings.